The smallest absolute Gasteiger partial charge is 0.0752 e. The van der Waals surface area contributed by atoms with Crippen molar-refractivity contribution in [3.8, 4) is 0 Å². The molecule has 0 aliphatic rings. The zero-order valence-corrected chi connectivity index (χ0v) is 8.28. The lowest BCUT2D eigenvalue weighted by atomic mass is 10.0. The molecule has 0 aliphatic carbocycles. The van der Waals surface area contributed by atoms with Crippen molar-refractivity contribution in [2.24, 2.45) is 5.16 Å². The van der Waals surface area contributed by atoms with Crippen molar-refractivity contribution in [2.75, 3.05) is 0 Å². The molecule has 0 saturated heterocycles. The first kappa shape index (κ1) is 9.99. The number of pyridine rings is 1. The van der Waals surface area contributed by atoms with E-state index in [4.69, 9.17) is 16.8 Å². The largest absolute Gasteiger partial charge is 0.411 e. The molecule has 0 radical (unpaired) electrons. The predicted molar refractivity (Wildman–Crippen MR) is 52.7 cm³/mol. The quantitative estimate of drug-likeness (QED) is 0.451. The van der Waals surface area contributed by atoms with Crippen LogP contribution in [0.3, 0.4) is 0 Å². The van der Waals surface area contributed by atoms with Gasteiger partial charge in [-0.25, -0.2) is 0 Å². The minimum Gasteiger partial charge on any atom is -0.411 e. The third kappa shape index (κ3) is 2.18. The third-order valence-corrected chi connectivity index (χ3v) is 2.08. The highest BCUT2D eigenvalue weighted by atomic mass is 35.5. The molecule has 4 heteroatoms. The van der Waals surface area contributed by atoms with Crippen molar-refractivity contribution in [2.45, 2.75) is 19.8 Å². The van der Waals surface area contributed by atoms with E-state index in [9.17, 15) is 0 Å². The van der Waals surface area contributed by atoms with Crippen LogP contribution in [0.25, 0.3) is 0 Å². The fourth-order valence-corrected chi connectivity index (χ4v) is 1.33. The van der Waals surface area contributed by atoms with Gasteiger partial charge in [0.2, 0.25) is 0 Å². The number of rotatable bonds is 2. The van der Waals surface area contributed by atoms with Crippen LogP contribution in [0.15, 0.2) is 17.5 Å². The topological polar surface area (TPSA) is 45.5 Å². The number of oxime groups is 1. The van der Waals surface area contributed by atoms with Crippen molar-refractivity contribution >= 4 is 17.8 Å². The van der Waals surface area contributed by atoms with Gasteiger partial charge in [0.05, 0.1) is 11.2 Å². The Morgan fingerprint density at radius 3 is 2.77 bits per heavy atom. The molecule has 1 aromatic heterocycles. The second kappa shape index (κ2) is 4.23. The Morgan fingerprint density at radius 2 is 2.23 bits per heavy atom. The number of halogens is 1. The maximum atomic E-state index is 8.44. The van der Waals surface area contributed by atoms with E-state index in [0.29, 0.717) is 10.9 Å². The summed E-state index contributed by atoms with van der Waals surface area (Å²) >= 11 is 5.89. The van der Waals surface area contributed by atoms with Gasteiger partial charge >= 0.3 is 0 Å². The van der Waals surface area contributed by atoms with Crippen LogP contribution in [0.1, 0.15) is 30.9 Å². The average Bonchev–Trinajstić information content (AvgIpc) is 2.08. The van der Waals surface area contributed by atoms with E-state index < -0.39 is 0 Å². The molecule has 0 saturated carbocycles. The van der Waals surface area contributed by atoms with Gasteiger partial charge in [-0.1, -0.05) is 30.6 Å². The Balaban J connectivity index is 3.25. The fourth-order valence-electron chi connectivity index (χ4n) is 1.11. The van der Waals surface area contributed by atoms with Gasteiger partial charge in [0, 0.05) is 18.0 Å². The van der Waals surface area contributed by atoms with Crippen LogP contribution in [0, 0.1) is 0 Å². The van der Waals surface area contributed by atoms with Gasteiger partial charge in [-0.2, -0.15) is 0 Å². The zero-order valence-electron chi connectivity index (χ0n) is 7.53. The zero-order chi connectivity index (χ0) is 9.84. The van der Waals surface area contributed by atoms with E-state index in [0.717, 1.165) is 11.1 Å². The summed E-state index contributed by atoms with van der Waals surface area (Å²) in [6.07, 6.45) is 4.59. The predicted octanol–water partition coefficient (Wildman–Crippen LogP) is 2.67. The van der Waals surface area contributed by atoms with Gasteiger partial charge in [0.25, 0.3) is 0 Å². The van der Waals surface area contributed by atoms with Crippen molar-refractivity contribution in [1.29, 1.82) is 0 Å². The van der Waals surface area contributed by atoms with E-state index in [1.54, 1.807) is 6.20 Å². The summed E-state index contributed by atoms with van der Waals surface area (Å²) < 4.78 is 0. The van der Waals surface area contributed by atoms with E-state index in [1.165, 1.54) is 12.4 Å². The van der Waals surface area contributed by atoms with E-state index in [1.807, 2.05) is 13.8 Å². The minimum absolute atomic E-state index is 0.305. The van der Waals surface area contributed by atoms with Crippen LogP contribution in [-0.4, -0.2) is 16.4 Å². The maximum Gasteiger partial charge on any atom is 0.0752 e. The first-order valence-electron chi connectivity index (χ1n) is 3.97. The normalized spacial score (nSPS) is 11.4. The summed E-state index contributed by atoms with van der Waals surface area (Å²) in [4.78, 5) is 3.97. The first-order valence-corrected chi connectivity index (χ1v) is 4.35. The van der Waals surface area contributed by atoms with Crippen LogP contribution in [0.4, 0.5) is 0 Å². The summed E-state index contributed by atoms with van der Waals surface area (Å²) in [5.41, 5.74) is 1.71. The SMILES string of the molecule is CC(C)c1cncc(Cl)c1C=NO. The van der Waals surface area contributed by atoms with Crippen molar-refractivity contribution in [3.63, 3.8) is 0 Å². The number of nitrogens with zero attached hydrogens (tertiary/aromatic N) is 2. The van der Waals surface area contributed by atoms with Crippen LogP contribution in [0.2, 0.25) is 5.02 Å². The lowest BCUT2D eigenvalue weighted by Gasteiger charge is -2.08. The summed E-state index contributed by atoms with van der Waals surface area (Å²) in [5.74, 6) is 0.305. The Hall–Kier alpha value is -1.09. The molecule has 1 aromatic rings. The summed E-state index contributed by atoms with van der Waals surface area (Å²) in [6, 6.07) is 0. The molecule has 0 aromatic carbocycles. The van der Waals surface area contributed by atoms with Gasteiger partial charge in [-0.05, 0) is 11.5 Å². The second-order valence-electron chi connectivity index (χ2n) is 3.02. The highest BCUT2D eigenvalue weighted by Gasteiger charge is 2.08. The molecule has 1 N–H and O–H groups in total. The molecule has 0 atom stereocenters. The first-order chi connectivity index (χ1) is 6.16. The van der Waals surface area contributed by atoms with Crippen molar-refractivity contribution < 1.29 is 5.21 Å². The number of aromatic nitrogens is 1. The molecule has 1 heterocycles. The molecule has 0 spiro atoms. The summed E-state index contributed by atoms with van der Waals surface area (Å²) in [5, 5.41) is 11.9. The Bertz CT molecular complexity index is 323. The monoisotopic (exact) mass is 198 g/mol. The maximum absolute atomic E-state index is 8.44. The van der Waals surface area contributed by atoms with Crippen molar-refractivity contribution in [1.82, 2.24) is 4.98 Å². The Kier molecular flexibility index (Phi) is 3.25. The molecular formula is C9H11ClN2O. The molecule has 1 rings (SSSR count). The van der Waals surface area contributed by atoms with Crippen LogP contribution >= 0.6 is 11.6 Å². The molecule has 13 heavy (non-hydrogen) atoms. The Morgan fingerprint density at radius 1 is 1.54 bits per heavy atom. The lowest BCUT2D eigenvalue weighted by Crippen LogP contribution is -1.97. The molecule has 0 bridgehead atoms. The lowest BCUT2D eigenvalue weighted by molar-refractivity contribution is 0.322. The van der Waals surface area contributed by atoms with E-state index in [-0.39, 0.29) is 0 Å². The summed E-state index contributed by atoms with van der Waals surface area (Å²) in [7, 11) is 0. The fraction of sp³-hybridized carbons (Fsp3) is 0.333. The average molecular weight is 199 g/mol. The van der Waals surface area contributed by atoms with Gasteiger partial charge in [-0.15, -0.1) is 0 Å². The molecular weight excluding hydrogens is 188 g/mol. The van der Waals surface area contributed by atoms with Gasteiger partial charge in [0.1, 0.15) is 0 Å². The highest BCUT2D eigenvalue weighted by Crippen LogP contribution is 2.22. The van der Waals surface area contributed by atoms with Crippen LogP contribution in [-0.2, 0) is 0 Å². The van der Waals surface area contributed by atoms with Crippen molar-refractivity contribution in [3.05, 3.63) is 28.5 Å². The number of hydrogen-bond donors (Lipinski definition) is 1. The second-order valence-corrected chi connectivity index (χ2v) is 3.43. The molecule has 0 unspecified atom stereocenters. The molecule has 0 fully saturated rings. The molecule has 70 valence electrons. The summed E-state index contributed by atoms with van der Waals surface area (Å²) in [6.45, 7) is 4.06. The third-order valence-electron chi connectivity index (χ3n) is 1.78. The molecule has 3 nitrogen and oxygen atoms in total. The van der Waals surface area contributed by atoms with Gasteiger partial charge < -0.3 is 5.21 Å². The van der Waals surface area contributed by atoms with Crippen LogP contribution in [0.5, 0.6) is 0 Å². The van der Waals surface area contributed by atoms with E-state index in [2.05, 4.69) is 10.1 Å². The van der Waals surface area contributed by atoms with Crippen LogP contribution < -0.4 is 0 Å². The number of hydrogen-bond acceptors (Lipinski definition) is 3. The van der Waals surface area contributed by atoms with Gasteiger partial charge in [0.15, 0.2) is 0 Å². The van der Waals surface area contributed by atoms with Gasteiger partial charge in [-0.3, -0.25) is 4.98 Å². The van der Waals surface area contributed by atoms with E-state index >= 15 is 0 Å². The Labute approximate surface area is 82.1 Å². The minimum atomic E-state index is 0.305. The standard InChI is InChI=1S/C9H11ClN2O/c1-6(2)7-3-11-5-9(10)8(7)4-12-13/h3-6,13H,1-2H3. The molecule has 0 aliphatic heterocycles. The highest BCUT2D eigenvalue weighted by molar-refractivity contribution is 6.33. The molecule has 0 amide bonds.